The van der Waals surface area contributed by atoms with E-state index in [0.29, 0.717) is 35.4 Å². The highest BCUT2D eigenvalue weighted by Gasteiger charge is 2.26. The molecule has 1 aromatic heterocycles. The molecule has 0 bridgehead atoms. The van der Waals surface area contributed by atoms with Gasteiger partial charge in [-0.05, 0) is 48.4 Å². The van der Waals surface area contributed by atoms with Crippen LogP contribution in [-0.4, -0.2) is 54.3 Å². The van der Waals surface area contributed by atoms with Crippen molar-refractivity contribution in [3.63, 3.8) is 0 Å². The molecule has 1 saturated heterocycles. The molecule has 1 fully saturated rings. The molecule has 2 atom stereocenters. The zero-order chi connectivity index (χ0) is 23.5. The Bertz CT molecular complexity index is 1280. The van der Waals surface area contributed by atoms with Crippen LogP contribution < -0.4 is 11.1 Å². The fourth-order valence-electron chi connectivity index (χ4n) is 3.96. The molecule has 0 spiro atoms. The van der Waals surface area contributed by atoms with Crippen LogP contribution in [0.25, 0.3) is 22.2 Å². The molecule has 0 aliphatic carbocycles. The topological polar surface area (TPSA) is 100 Å². The number of halogens is 1. The molecule has 2 heterocycles. The lowest BCUT2D eigenvalue weighted by atomic mass is 10.00. The van der Waals surface area contributed by atoms with Crippen molar-refractivity contribution in [3.05, 3.63) is 58.3 Å². The standard InChI is InChI=1S/C24H25FN4O4/c1-28-8-3-9-32-22(14-28)23(30)27-18(13-26)10-17-5-4-15(11-19(17)25)16-6-7-21-20(12-16)29(2)24(31)33-21/h4-7,11-12,18,22H,3,8-10,14H2,1-2H3,(H,27,30)/t18-,22-/m0/s1. The number of carbonyl (C=O) groups excluding carboxylic acids is 1. The minimum atomic E-state index is -0.883. The van der Waals surface area contributed by atoms with Gasteiger partial charge in [0, 0.05) is 33.2 Å². The van der Waals surface area contributed by atoms with Gasteiger partial charge in [0.2, 0.25) is 0 Å². The van der Waals surface area contributed by atoms with Crippen molar-refractivity contribution >= 4 is 17.0 Å². The molecule has 0 saturated carbocycles. The largest absolute Gasteiger partial charge is 0.419 e. The summed E-state index contributed by atoms with van der Waals surface area (Å²) in [4.78, 5) is 26.3. The lowest BCUT2D eigenvalue weighted by molar-refractivity contribution is -0.133. The van der Waals surface area contributed by atoms with E-state index in [1.54, 1.807) is 37.4 Å². The van der Waals surface area contributed by atoms with Gasteiger partial charge >= 0.3 is 5.76 Å². The number of hydrogen-bond donors (Lipinski definition) is 1. The lowest BCUT2D eigenvalue weighted by Crippen LogP contribution is -2.46. The highest BCUT2D eigenvalue weighted by atomic mass is 19.1. The van der Waals surface area contributed by atoms with E-state index in [9.17, 15) is 19.2 Å². The van der Waals surface area contributed by atoms with Gasteiger partial charge in [-0.1, -0.05) is 18.2 Å². The first kappa shape index (κ1) is 22.7. The minimum Gasteiger partial charge on any atom is -0.408 e. The number of likely N-dealkylation sites (N-methyl/N-ethyl adjacent to an activating group) is 1. The molecule has 172 valence electrons. The van der Waals surface area contributed by atoms with Gasteiger partial charge in [0.05, 0.1) is 11.6 Å². The number of amides is 1. The number of hydrogen-bond acceptors (Lipinski definition) is 6. The molecule has 0 unspecified atom stereocenters. The smallest absolute Gasteiger partial charge is 0.408 e. The number of benzene rings is 2. The Morgan fingerprint density at radius 2 is 2.03 bits per heavy atom. The minimum absolute atomic E-state index is 0.0339. The second kappa shape index (κ2) is 9.57. The summed E-state index contributed by atoms with van der Waals surface area (Å²) >= 11 is 0. The highest BCUT2D eigenvalue weighted by Crippen LogP contribution is 2.26. The second-order valence-electron chi connectivity index (χ2n) is 8.29. The highest BCUT2D eigenvalue weighted by molar-refractivity contribution is 5.82. The Balaban J connectivity index is 1.48. The first-order valence-electron chi connectivity index (χ1n) is 10.7. The third kappa shape index (κ3) is 4.97. The maximum absolute atomic E-state index is 14.9. The van der Waals surface area contributed by atoms with E-state index >= 15 is 0 Å². The Kier molecular flexibility index (Phi) is 6.58. The van der Waals surface area contributed by atoms with E-state index in [4.69, 9.17) is 9.15 Å². The van der Waals surface area contributed by atoms with E-state index in [1.165, 1.54) is 10.6 Å². The molecule has 8 nitrogen and oxygen atoms in total. The van der Waals surface area contributed by atoms with Crippen molar-refractivity contribution in [1.29, 1.82) is 5.26 Å². The summed E-state index contributed by atoms with van der Waals surface area (Å²) in [7, 11) is 3.52. The molecule has 3 aromatic rings. The van der Waals surface area contributed by atoms with Gasteiger partial charge in [0.15, 0.2) is 5.58 Å². The number of aromatic nitrogens is 1. The molecular formula is C24H25FN4O4. The molecule has 1 amide bonds. The molecule has 0 radical (unpaired) electrons. The number of rotatable bonds is 5. The van der Waals surface area contributed by atoms with Crippen molar-refractivity contribution in [2.24, 2.45) is 7.05 Å². The van der Waals surface area contributed by atoms with Crippen molar-refractivity contribution in [2.75, 3.05) is 26.7 Å². The number of fused-ring (bicyclic) bond motifs is 1. The Morgan fingerprint density at radius 1 is 1.27 bits per heavy atom. The van der Waals surface area contributed by atoms with Crippen LogP contribution in [0.1, 0.15) is 12.0 Å². The number of nitrogens with zero attached hydrogens (tertiary/aromatic N) is 3. The Morgan fingerprint density at radius 3 is 2.79 bits per heavy atom. The fraction of sp³-hybridized carbons (Fsp3) is 0.375. The third-order valence-corrected chi connectivity index (χ3v) is 5.85. The monoisotopic (exact) mass is 452 g/mol. The average molecular weight is 452 g/mol. The second-order valence-corrected chi connectivity index (χ2v) is 8.29. The zero-order valence-electron chi connectivity index (χ0n) is 18.5. The van der Waals surface area contributed by atoms with Crippen LogP contribution in [0.3, 0.4) is 0 Å². The summed E-state index contributed by atoms with van der Waals surface area (Å²) in [5, 5.41) is 12.2. The maximum atomic E-state index is 14.9. The normalized spacial score (nSPS) is 17.9. The van der Waals surface area contributed by atoms with Crippen LogP contribution in [0.2, 0.25) is 0 Å². The number of ether oxygens (including phenoxy) is 1. The predicted molar refractivity (Wildman–Crippen MR) is 120 cm³/mol. The summed E-state index contributed by atoms with van der Waals surface area (Å²) in [5.74, 6) is -1.31. The molecule has 4 rings (SSSR count). The third-order valence-electron chi connectivity index (χ3n) is 5.85. The first-order valence-corrected chi connectivity index (χ1v) is 10.7. The van der Waals surface area contributed by atoms with Gasteiger partial charge in [0.25, 0.3) is 5.91 Å². The van der Waals surface area contributed by atoms with Crippen LogP contribution in [0, 0.1) is 17.1 Å². The first-order chi connectivity index (χ1) is 15.9. The van der Waals surface area contributed by atoms with Crippen molar-refractivity contribution in [1.82, 2.24) is 14.8 Å². The summed E-state index contributed by atoms with van der Waals surface area (Å²) in [6, 6.07) is 11.1. The van der Waals surface area contributed by atoms with Crippen molar-refractivity contribution in [2.45, 2.75) is 25.0 Å². The molecule has 1 aliphatic rings. The average Bonchev–Trinajstić information content (AvgIpc) is 2.95. The van der Waals surface area contributed by atoms with Gasteiger partial charge in [-0.15, -0.1) is 0 Å². The maximum Gasteiger partial charge on any atom is 0.419 e. The number of aryl methyl sites for hydroxylation is 1. The molecular weight excluding hydrogens is 427 g/mol. The van der Waals surface area contributed by atoms with Crippen LogP contribution in [0.5, 0.6) is 0 Å². The zero-order valence-corrected chi connectivity index (χ0v) is 18.5. The summed E-state index contributed by atoms with van der Waals surface area (Å²) in [6.45, 7) is 1.76. The predicted octanol–water partition coefficient (Wildman–Crippen LogP) is 2.21. The number of nitriles is 1. The van der Waals surface area contributed by atoms with E-state index in [0.717, 1.165) is 18.5 Å². The molecule has 1 aliphatic heterocycles. The summed E-state index contributed by atoms with van der Waals surface area (Å²) in [5.41, 5.74) is 2.74. The van der Waals surface area contributed by atoms with Gasteiger partial charge in [-0.2, -0.15) is 5.26 Å². The lowest BCUT2D eigenvalue weighted by Gasteiger charge is -2.21. The van der Waals surface area contributed by atoms with Gasteiger partial charge in [-0.25, -0.2) is 9.18 Å². The van der Waals surface area contributed by atoms with E-state index in [-0.39, 0.29) is 12.3 Å². The van der Waals surface area contributed by atoms with E-state index < -0.39 is 23.7 Å². The fourth-order valence-corrected chi connectivity index (χ4v) is 3.96. The SMILES string of the molecule is CN1CCCO[C@H](C(=O)N[C@H](C#N)Cc2ccc(-c3ccc4oc(=O)n(C)c4c3)cc2F)C1. The number of oxazole rings is 1. The van der Waals surface area contributed by atoms with Crippen LogP contribution in [0.15, 0.2) is 45.6 Å². The Labute approximate surface area is 190 Å². The number of carbonyl (C=O) groups is 1. The molecule has 33 heavy (non-hydrogen) atoms. The Hall–Kier alpha value is -3.48. The van der Waals surface area contributed by atoms with Crippen LogP contribution in [0.4, 0.5) is 4.39 Å². The quantitative estimate of drug-likeness (QED) is 0.637. The van der Waals surface area contributed by atoms with Crippen LogP contribution in [-0.2, 0) is 23.0 Å². The molecule has 9 heteroatoms. The number of nitrogens with one attached hydrogen (secondary N) is 1. The van der Waals surface area contributed by atoms with E-state index in [2.05, 4.69) is 5.32 Å². The summed E-state index contributed by atoms with van der Waals surface area (Å²) < 4.78 is 27.0. The van der Waals surface area contributed by atoms with E-state index in [1.807, 2.05) is 18.0 Å². The molecule has 2 aromatic carbocycles. The van der Waals surface area contributed by atoms with Gasteiger partial charge < -0.3 is 19.4 Å². The van der Waals surface area contributed by atoms with Crippen molar-refractivity contribution in [3.8, 4) is 17.2 Å². The van der Waals surface area contributed by atoms with Crippen LogP contribution >= 0.6 is 0 Å². The van der Waals surface area contributed by atoms with Crippen molar-refractivity contribution < 1.29 is 18.3 Å². The van der Waals surface area contributed by atoms with Gasteiger partial charge in [-0.3, -0.25) is 9.36 Å². The molecule has 1 N–H and O–H groups in total. The summed E-state index contributed by atoms with van der Waals surface area (Å²) in [6.07, 6.45) is 0.213. The van der Waals surface area contributed by atoms with Gasteiger partial charge in [0.1, 0.15) is 18.0 Å².